The first-order valence-corrected chi connectivity index (χ1v) is 10.1. The number of rotatable bonds is 12. The standard InChI is InChI=1S/C22H27ClN2O6/c1-5-29-20-11-16(9-17(23)22(20)31-14-21(26)30-6-2)13-25-24-12-15-7-8-18(27-3)19(10-15)28-4/h7-11,13,24H,5-6,12,14H2,1-4H3/b25-13-. The van der Waals surface area contributed by atoms with Crippen molar-refractivity contribution in [1.29, 1.82) is 0 Å². The number of carbonyl (C=O) groups excluding carboxylic acids is 1. The summed E-state index contributed by atoms with van der Waals surface area (Å²) in [4.78, 5) is 11.6. The Labute approximate surface area is 187 Å². The quantitative estimate of drug-likeness (QED) is 0.299. The van der Waals surface area contributed by atoms with E-state index in [0.29, 0.717) is 41.0 Å². The highest BCUT2D eigenvalue weighted by Gasteiger charge is 2.14. The average Bonchev–Trinajstić information content (AvgIpc) is 2.76. The summed E-state index contributed by atoms with van der Waals surface area (Å²) in [5.41, 5.74) is 4.66. The minimum atomic E-state index is -0.481. The zero-order chi connectivity index (χ0) is 22.6. The molecular formula is C22H27ClN2O6. The summed E-state index contributed by atoms with van der Waals surface area (Å²) >= 11 is 6.34. The molecule has 0 atom stereocenters. The van der Waals surface area contributed by atoms with Gasteiger partial charge in [-0.05, 0) is 49.2 Å². The van der Waals surface area contributed by atoms with Crippen LogP contribution in [0.25, 0.3) is 0 Å². The number of halogens is 1. The molecule has 0 heterocycles. The van der Waals surface area contributed by atoms with Crippen LogP contribution in [0.2, 0.25) is 5.02 Å². The highest BCUT2D eigenvalue weighted by atomic mass is 35.5. The number of esters is 1. The Balaban J connectivity index is 2.05. The molecule has 0 spiro atoms. The van der Waals surface area contributed by atoms with Gasteiger partial charge in [0, 0.05) is 0 Å². The Morgan fingerprint density at radius 1 is 1.03 bits per heavy atom. The molecule has 31 heavy (non-hydrogen) atoms. The van der Waals surface area contributed by atoms with Crippen LogP contribution in [-0.4, -0.2) is 46.2 Å². The van der Waals surface area contributed by atoms with Gasteiger partial charge in [0.25, 0.3) is 0 Å². The number of nitrogens with one attached hydrogen (secondary N) is 1. The Bertz CT molecular complexity index is 904. The fourth-order valence-electron chi connectivity index (χ4n) is 2.65. The van der Waals surface area contributed by atoms with E-state index >= 15 is 0 Å². The van der Waals surface area contributed by atoms with Crippen LogP contribution in [0.1, 0.15) is 25.0 Å². The summed E-state index contributed by atoms with van der Waals surface area (Å²) in [6.45, 7) is 4.49. The molecule has 0 radical (unpaired) electrons. The monoisotopic (exact) mass is 450 g/mol. The number of methoxy groups -OCH3 is 2. The Morgan fingerprint density at radius 3 is 2.48 bits per heavy atom. The number of carbonyl (C=O) groups is 1. The SMILES string of the molecule is CCOC(=O)COc1c(Cl)cc(/C=N\NCc2ccc(OC)c(OC)c2)cc1OCC. The highest BCUT2D eigenvalue weighted by molar-refractivity contribution is 6.32. The van der Waals surface area contributed by atoms with Crippen LogP contribution in [0.3, 0.4) is 0 Å². The van der Waals surface area contributed by atoms with E-state index < -0.39 is 5.97 Å². The van der Waals surface area contributed by atoms with Gasteiger partial charge in [0.05, 0.1) is 45.2 Å². The largest absolute Gasteiger partial charge is 0.493 e. The van der Waals surface area contributed by atoms with Crippen molar-refractivity contribution in [3.8, 4) is 23.0 Å². The smallest absolute Gasteiger partial charge is 0.344 e. The average molecular weight is 451 g/mol. The van der Waals surface area contributed by atoms with Gasteiger partial charge in [-0.1, -0.05) is 17.7 Å². The van der Waals surface area contributed by atoms with Crippen LogP contribution < -0.4 is 24.4 Å². The van der Waals surface area contributed by atoms with Crippen LogP contribution in [-0.2, 0) is 16.1 Å². The fourth-order valence-corrected chi connectivity index (χ4v) is 2.92. The summed E-state index contributed by atoms with van der Waals surface area (Å²) in [7, 11) is 3.18. The molecule has 0 aliphatic heterocycles. The highest BCUT2D eigenvalue weighted by Crippen LogP contribution is 2.36. The molecule has 0 amide bonds. The third-order valence-corrected chi connectivity index (χ3v) is 4.29. The molecule has 9 heteroatoms. The Morgan fingerprint density at radius 2 is 1.81 bits per heavy atom. The maximum Gasteiger partial charge on any atom is 0.344 e. The topological polar surface area (TPSA) is 87.6 Å². The molecule has 0 aliphatic rings. The van der Waals surface area contributed by atoms with Gasteiger partial charge in [0.1, 0.15) is 0 Å². The lowest BCUT2D eigenvalue weighted by molar-refractivity contribution is -0.145. The van der Waals surface area contributed by atoms with Gasteiger partial charge in [-0.15, -0.1) is 0 Å². The molecule has 0 aromatic heterocycles. The van der Waals surface area contributed by atoms with Crippen molar-refractivity contribution in [2.24, 2.45) is 5.10 Å². The second-order valence-electron chi connectivity index (χ2n) is 6.14. The number of hydrazone groups is 1. The molecule has 0 saturated heterocycles. The van der Waals surface area contributed by atoms with E-state index in [2.05, 4.69) is 10.5 Å². The summed E-state index contributed by atoms with van der Waals surface area (Å²) in [6, 6.07) is 9.04. The van der Waals surface area contributed by atoms with E-state index in [1.807, 2.05) is 25.1 Å². The van der Waals surface area contributed by atoms with Gasteiger partial charge in [-0.3, -0.25) is 0 Å². The molecular weight excluding hydrogens is 424 g/mol. The van der Waals surface area contributed by atoms with Crippen LogP contribution in [0.4, 0.5) is 0 Å². The molecule has 2 aromatic carbocycles. The number of nitrogens with zero attached hydrogens (tertiary/aromatic N) is 1. The van der Waals surface area contributed by atoms with Crippen molar-refractivity contribution in [3.05, 3.63) is 46.5 Å². The van der Waals surface area contributed by atoms with Crippen molar-refractivity contribution < 1.29 is 28.5 Å². The van der Waals surface area contributed by atoms with Gasteiger partial charge in [-0.2, -0.15) is 5.10 Å². The lowest BCUT2D eigenvalue weighted by atomic mass is 10.2. The molecule has 0 bridgehead atoms. The predicted octanol–water partition coefficient (Wildman–Crippen LogP) is 3.82. The number of hydrogen-bond donors (Lipinski definition) is 1. The predicted molar refractivity (Wildman–Crippen MR) is 119 cm³/mol. The minimum Gasteiger partial charge on any atom is -0.493 e. The molecule has 0 aliphatic carbocycles. The summed E-state index contributed by atoms with van der Waals surface area (Å²) in [5.74, 6) is 1.54. The second-order valence-corrected chi connectivity index (χ2v) is 6.55. The molecule has 2 rings (SSSR count). The van der Waals surface area contributed by atoms with Gasteiger partial charge in [-0.25, -0.2) is 4.79 Å². The van der Waals surface area contributed by atoms with E-state index in [4.69, 9.17) is 35.3 Å². The lowest BCUT2D eigenvalue weighted by Crippen LogP contribution is -2.15. The summed E-state index contributed by atoms with van der Waals surface area (Å²) in [5, 5.41) is 4.53. The van der Waals surface area contributed by atoms with E-state index in [1.165, 1.54) is 0 Å². The minimum absolute atomic E-state index is 0.256. The normalized spacial score (nSPS) is 10.6. The third kappa shape index (κ3) is 7.25. The first kappa shape index (κ1) is 24.1. The van der Waals surface area contributed by atoms with Crippen molar-refractivity contribution in [2.45, 2.75) is 20.4 Å². The second kappa shape index (κ2) is 12.5. The Hall–Kier alpha value is -3.13. The van der Waals surface area contributed by atoms with Gasteiger partial charge < -0.3 is 29.1 Å². The fraction of sp³-hybridized carbons (Fsp3) is 0.364. The molecule has 1 N–H and O–H groups in total. The maximum absolute atomic E-state index is 11.6. The van der Waals surface area contributed by atoms with Crippen molar-refractivity contribution in [2.75, 3.05) is 34.0 Å². The zero-order valence-electron chi connectivity index (χ0n) is 18.1. The van der Waals surface area contributed by atoms with Crippen LogP contribution in [0, 0.1) is 0 Å². The molecule has 0 saturated carbocycles. The number of hydrogen-bond acceptors (Lipinski definition) is 8. The molecule has 0 unspecified atom stereocenters. The van der Waals surface area contributed by atoms with E-state index in [-0.39, 0.29) is 19.0 Å². The maximum atomic E-state index is 11.6. The van der Waals surface area contributed by atoms with Crippen LogP contribution in [0.5, 0.6) is 23.0 Å². The zero-order valence-corrected chi connectivity index (χ0v) is 18.8. The molecule has 8 nitrogen and oxygen atoms in total. The van der Waals surface area contributed by atoms with Crippen molar-refractivity contribution in [1.82, 2.24) is 5.43 Å². The van der Waals surface area contributed by atoms with Gasteiger partial charge in [0.15, 0.2) is 29.6 Å². The first-order chi connectivity index (χ1) is 15.0. The van der Waals surface area contributed by atoms with E-state index in [9.17, 15) is 4.79 Å². The third-order valence-electron chi connectivity index (χ3n) is 4.01. The van der Waals surface area contributed by atoms with Gasteiger partial charge in [0.2, 0.25) is 0 Å². The van der Waals surface area contributed by atoms with Crippen molar-refractivity contribution in [3.63, 3.8) is 0 Å². The Kier molecular flexibility index (Phi) is 9.77. The number of benzene rings is 2. The lowest BCUT2D eigenvalue weighted by Gasteiger charge is -2.14. The number of ether oxygens (including phenoxy) is 5. The van der Waals surface area contributed by atoms with Gasteiger partial charge >= 0.3 is 5.97 Å². The van der Waals surface area contributed by atoms with Crippen LogP contribution in [0.15, 0.2) is 35.4 Å². The first-order valence-electron chi connectivity index (χ1n) is 9.73. The van der Waals surface area contributed by atoms with Crippen LogP contribution >= 0.6 is 11.6 Å². The molecule has 2 aromatic rings. The summed E-state index contributed by atoms with van der Waals surface area (Å²) in [6.07, 6.45) is 1.62. The molecule has 0 fully saturated rings. The van der Waals surface area contributed by atoms with Crippen molar-refractivity contribution >= 4 is 23.8 Å². The summed E-state index contributed by atoms with van der Waals surface area (Å²) < 4.78 is 26.5. The van der Waals surface area contributed by atoms with E-state index in [1.54, 1.807) is 39.5 Å². The molecule has 168 valence electrons. The van der Waals surface area contributed by atoms with E-state index in [0.717, 1.165) is 5.56 Å².